The monoisotopic (exact) mass is 374 g/mol. The lowest BCUT2D eigenvalue weighted by Crippen LogP contribution is -2.42. The number of carbonyl (C=O) groups excluding carboxylic acids is 2. The van der Waals surface area contributed by atoms with Gasteiger partial charge in [-0.05, 0) is 43.4 Å². The lowest BCUT2D eigenvalue weighted by molar-refractivity contribution is -0.134. The maximum Gasteiger partial charge on any atom is 0.242 e. The Labute approximate surface area is 161 Å². The molecule has 1 heterocycles. The molecule has 6 nitrogen and oxygen atoms in total. The van der Waals surface area contributed by atoms with Crippen molar-refractivity contribution in [1.29, 1.82) is 0 Å². The van der Waals surface area contributed by atoms with E-state index < -0.39 is 0 Å². The van der Waals surface area contributed by atoms with Crippen molar-refractivity contribution in [3.63, 3.8) is 0 Å². The van der Waals surface area contributed by atoms with Crippen LogP contribution in [0.25, 0.3) is 0 Å². The third-order valence-electron chi connectivity index (χ3n) is 5.76. The summed E-state index contributed by atoms with van der Waals surface area (Å²) in [5.41, 5.74) is 1.04. The molecule has 1 unspecified atom stereocenters. The molecule has 0 spiro atoms. The van der Waals surface area contributed by atoms with Gasteiger partial charge in [-0.2, -0.15) is 0 Å². The lowest BCUT2D eigenvalue weighted by atomic mass is 9.89. The van der Waals surface area contributed by atoms with Gasteiger partial charge in [0.25, 0.3) is 0 Å². The fraction of sp³-hybridized carbons (Fsp3) is 0.619. The first-order valence-corrected chi connectivity index (χ1v) is 9.93. The molecule has 1 aromatic rings. The molecule has 0 aromatic heterocycles. The molecule has 0 radical (unpaired) electrons. The summed E-state index contributed by atoms with van der Waals surface area (Å²) in [4.78, 5) is 26.9. The van der Waals surface area contributed by atoms with Crippen LogP contribution in [-0.2, 0) is 9.59 Å². The van der Waals surface area contributed by atoms with Crippen molar-refractivity contribution in [3.05, 3.63) is 23.8 Å². The van der Waals surface area contributed by atoms with Crippen LogP contribution in [0.1, 0.15) is 56.6 Å². The van der Waals surface area contributed by atoms with Crippen molar-refractivity contribution < 1.29 is 19.1 Å². The number of carbonyl (C=O) groups is 2. The van der Waals surface area contributed by atoms with Crippen molar-refractivity contribution in [2.24, 2.45) is 5.92 Å². The Hall–Kier alpha value is -2.24. The molecule has 1 atom stereocenters. The van der Waals surface area contributed by atoms with Crippen LogP contribution in [0, 0.1) is 5.92 Å². The molecule has 27 heavy (non-hydrogen) atoms. The van der Waals surface area contributed by atoms with Crippen molar-refractivity contribution in [2.45, 2.75) is 51.0 Å². The van der Waals surface area contributed by atoms with Gasteiger partial charge in [-0.25, -0.2) is 0 Å². The summed E-state index contributed by atoms with van der Waals surface area (Å²) in [6.07, 6.45) is 7.19. The first kappa shape index (κ1) is 19.5. The predicted molar refractivity (Wildman–Crippen MR) is 103 cm³/mol. The Balaban J connectivity index is 1.61. The van der Waals surface area contributed by atoms with Crippen molar-refractivity contribution >= 4 is 11.8 Å². The molecule has 2 fully saturated rings. The van der Waals surface area contributed by atoms with Crippen LogP contribution in [0.4, 0.5) is 0 Å². The standard InChI is InChI=1S/C21H30N2O4/c1-26-18-11-10-16(13-19(18)27-2)17-9-6-12-23(17)20(24)14-22-21(25)15-7-4-3-5-8-15/h10-11,13,15,17H,3-9,12,14H2,1-2H3,(H,22,25). The summed E-state index contributed by atoms with van der Waals surface area (Å²) in [5, 5.41) is 2.87. The summed E-state index contributed by atoms with van der Waals surface area (Å²) < 4.78 is 10.7. The van der Waals surface area contributed by atoms with Gasteiger partial charge in [-0.15, -0.1) is 0 Å². The zero-order valence-electron chi connectivity index (χ0n) is 16.3. The molecule has 2 aliphatic rings. The second-order valence-electron chi connectivity index (χ2n) is 7.41. The minimum atomic E-state index is -0.0172. The summed E-state index contributed by atoms with van der Waals surface area (Å²) in [7, 11) is 3.22. The molecular formula is C21H30N2O4. The number of ether oxygens (including phenoxy) is 2. The van der Waals surface area contributed by atoms with Gasteiger partial charge in [-0.3, -0.25) is 9.59 Å². The minimum Gasteiger partial charge on any atom is -0.493 e. The topological polar surface area (TPSA) is 67.9 Å². The molecule has 1 N–H and O–H groups in total. The van der Waals surface area contributed by atoms with Crippen LogP contribution >= 0.6 is 0 Å². The number of likely N-dealkylation sites (tertiary alicyclic amines) is 1. The van der Waals surface area contributed by atoms with Crippen molar-refractivity contribution in [2.75, 3.05) is 27.3 Å². The van der Waals surface area contributed by atoms with Gasteiger partial charge < -0.3 is 19.7 Å². The van der Waals surface area contributed by atoms with Gasteiger partial charge >= 0.3 is 0 Å². The van der Waals surface area contributed by atoms with Gasteiger partial charge in [0.05, 0.1) is 26.8 Å². The average Bonchev–Trinajstić information content (AvgIpc) is 3.21. The quantitative estimate of drug-likeness (QED) is 0.831. The number of nitrogens with zero attached hydrogens (tertiary/aromatic N) is 1. The van der Waals surface area contributed by atoms with E-state index in [0.29, 0.717) is 11.5 Å². The highest BCUT2D eigenvalue weighted by Gasteiger charge is 2.31. The Kier molecular flexibility index (Phi) is 6.58. The van der Waals surface area contributed by atoms with Crippen LogP contribution in [0.3, 0.4) is 0 Å². The summed E-state index contributed by atoms with van der Waals surface area (Å²) in [6.45, 7) is 0.802. The third kappa shape index (κ3) is 4.54. The SMILES string of the molecule is COc1ccc(C2CCCN2C(=O)CNC(=O)C2CCCCC2)cc1OC. The smallest absolute Gasteiger partial charge is 0.242 e. The van der Waals surface area contributed by atoms with Crippen molar-refractivity contribution in [1.82, 2.24) is 10.2 Å². The van der Waals surface area contributed by atoms with Crippen LogP contribution in [-0.4, -0.2) is 44.0 Å². The molecule has 6 heteroatoms. The Morgan fingerprint density at radius 2 is 1.78 bits per heavy atom. The Morgan fingerprint density at radius 1 is 1.04 bits per heavy atom. The van der Waals surface area contributed by atoms with E-state index in [-0.39, 0.29) is 30.3 Å². The van der Waals surface area contributed by atoms with E-state index in [4.69, 9.17) is 9.47 Å². The number of amides is 2. The van der Waals surface area contributed by atoms with Gasteiger partial charge in [0.2, 0.25) is 11.8 Å². The number of nitrogens with one attached hydrogen (secondary N) is 1. The highest BCUT2D eigenvalue weighted by atomic mass is 16.5. The molecule has 1 saturated carbocycles. The van der Waals surface area contributed by atoms with Gasteiger partial charge in [0.1, 0.15) is 0 Å². The Morgan fingerprint density at radius 3 is 2.48 bits per heavy atom. The molecule has 1 aliphatic heterocycles. The average molecular weight is 374 g/mol. The van der Waals surface area contributed by atoms with Crippen LogP contribution < -0.4 is 14.8 Å². The van der Waals surface area contributed by atoms with E-state index in [0.717, 1.165) is 50.6 Å². The predicted octanol–water partition coefficient (Wildman–Crippen LogP) is 3.06. The molecule has 2 amide bonds. The number of methoxy groups -OCH3 is 2. The summed E-state index contributed by atoms with van der Waals surface area (Å²) in [6, 6.07) is 5.82. The number of benzene rings is 1. The maximum atomic E-state index is 12.7. The molecule has 1 saturated heterocycles. The molecule has 1 aromatic carbocycles. The van der Waals surface area contributed by atoms with Crippen LogP contribution in [0.5, 0.6) is 11.5 Å². The number of rotatable bonds is 6. The van der Waals surface area contributed by atoms with E-state index in [1.165, 1.54) is 6.42 Å². The first-order chi connectivity index (χ1) is 13.1. The molecule has 148 valence electrons. The number of hydrogen-bond donors (Lipinski definition) is 1. The summed E-state index contributed by atoms with van der Waals surface area (Å²) >= 11 is 0. The molecular weight excluding hydrogens is 344 g/mol. The van der Waals surface area contributed by atoms with E-state index in [9.17, 15) is 9.59 Å². The van der Waals surface area contributed by atoms with E-state index >= 15 is 0 Å². The van der Waals surface area contributed by atoms with Crippen LogP contribution in [0.2, 0.25) is 0 Å². The minimum absolute atomic E-state index is 0.0172. The lowest BCUT2D eigenvalue weighted by Gasteiger charge is -2.26. The zero-order valence-corrected chi connectivity index (χ0v) is 16.3. The van der Waals surface area contributed by atoms with Crippen LogP contribution in [0.15, 0.2) is 18.2 Å². The third-order valence-corrected chi connectivity index (χ3v) is 5.76. The largest absolute Gasteiger partial charge is 0.493 e. The Bertz CT molecular complexity index is 670. The highest BCUT2D eigenvalue weighted by molar-refractivity contribution is 5.86. The maximum absolute atomic E-state index is 12.7. The second kappa shape index (κ2) is 9.11. The highest BCUT2D eigenvalue weighted by Crippen LogP contribution is 2.36. The zero-order chi connectivity index (χ0) is 19.2. The van der Waals surface area contributed by atoms with E-state index in [2.05, 4.69) is 5.32 Å². The van der Waals surface area contributed by atoms with E-state index in [1.54, 1.807) is 14.2 Å². The van der Waals surface area contributed by atoms with Gasteiger partial charge in [0.15, 0.2) is 11.5 Å². The second-order valence-corrected chi connectivity index (χ2v) is 7.41. The molecule has 1 aliphatic carbocycles. The first-order valence-electron chi connectivity index (χ1n) is 9.93. The van der Waals surface area contributed by atoms with Crippen molar-refractivity contribution in [3.8, 4) is 11.5 Å². The molecule has 0 bridgehead atoms. The molecule has 3 rings (SSSR count). The van der Waals surface area contributed by atoms with Gasteiger partial charge in [-0.1, -0.05) is 25.3 Å². The summed E-state index contributed by atoms with van der Waals surface area (Å²) in [5.74, 6) is 1.44. The fourth-order valence-electron chi connectivity index (χ4n) is 4.25. The normalized spacial score (nSPS) is 20.4. The fourth-order valence-corrected chi connectivity index (χ4v) is 4.25. The number of hydrogen-bond acceptors (Lipinski definition) is 4. The van der Waals surface area contributed by atoms with Gasteiger partial charge in [0, 0.05) is 12.5 Å². The van der Waals surface area contributed by atoms with E-state index in [1.807, 2.05) is 23.1 Å².